The largest absolute Gasteiger partial charge is 0.369 e. The third-order valence-electron chi connectivity index (χ3n) is 4.59. The maximum atomic E-state index is 11.9. The van der Waals surface area contributed by atoms with Crippen molar-refractivity contribution in [1.29, 1.82) is 0 Å². The summed E-state index contributed by atoms with van der Waals surface area (Å²) in [5, 5.41) is 6.78. The minimum atomic E-state index is -0.0173. The van der Waals surface area contributed by atoms with Crippen LogP contribution < -0.4 is 15.5 Å². The molecule has 27 heavy (non-hydrogen) atoms. The maximum Gasteiger partial charge on any atom is 0.243 e. The fraction of sp³-hybridized carbons (Fsp3) is 0.524. The lowest BCUT2D eigenvalue weighted by atomic mass is 10.0. The van der Waals surface area contributed by atoms with Crippen LogP contribution in [0, 0.1) is 6.92 Å². The summed E-state index contributed by atoms with van der Waals surface area (Å²) >= 11 is 0. The van der Waals surface area contributed by atoms with E-state index < -0.39 is 0 Å². The van der Waals surface area contributed by atoms with Crippen LogP contribution in [0.5, 0.6) is 0 Å². The summed E-state index contributed by atoms with van der Waals surface area (Å²) in [5.74, 6) is 0.653. The summed E-state index contributed by atoms with van der Waals surface area (Å²) in [7, 11) is 3.49. The molecular formula is C21H33N5O. The molecule has 1 aliphatic rings. The number of hydrogen-bond donors (Lipinski definition) is 2. The number of carbonyl (C=O) groups is 1. The Balaban J connectivity index is 2.01. The van der Waals surface area contributed by atoms with Crippen molar-refractivity contribution in [2.24, 2.45) is 4.99 Å². The average Bonchev–Trinajstić information content (AvgIpc) is 2.64. The van der Waals surface area contributed by atoms with Gasteiger partial charge in [-0.15, -0.1) is 0 Å². The van der Waals surface area contributed by atoms with E-state index in [1.165, 1.54) is 11.3 Å². The zero-order chi connectivity index (χ0) is 19.8. The zero-order valence-electron chi connectivity index (χ0n) is 17.1. The minimum Gasteiger partial charge on any atom is -0.369 e. The number of amides is 1. The number of guanidine groups is 1. The van der Waals surface area contributed by atoms with Crippen molar-refractivity contribution in [3.63, 3.8) is 0 Å². The van der Waals surface area contributed by atoms with Gasteiger partial charge in [0.05, 0.1) is 0 Å². The van der Waals surface area contributed by atoms with Crippen LogP contribution >= 0.6 is 0 Å². The molecular weight excluding hydrogens is 338 g/mol. The Bertz CT molecular complexity index is 666. The summed E-state index contributed by atoms with van der Waals surface area (Å²) in [6.45, 7) is 10.7. The lowest BCUT2D eigenvalue weighted by Crippen LogP contribution is -2.51. The standard InChI is InChI=1S/C21H33N5O/c1-16(2)13-22-21(23-14-20(27)25(4)5)24-18-7-6-12-26(15-18)19-10-8-17(3)9-11-19/h8-11,18H,1,6-7,12-15H2,2-5H3,(H2,22,23,24). The first-order chi connectivity index (χ1) is 12.8. The number of rotatable bonds is 6. The first-order valence-electron chi connectivity index (χ1n) is 9.56. The number of piperidine rings is 1. The monoisotopic (exact) mass is 371 g/mol. The van der Waals surface area contributed by atoms with Crippen LogP contribution in [0.25, 0.3) is 0 Å². The highest BCUT2D eigenvalue weighted by atomic mass is 16.2. The summed E-state index contributed by atoms with van der Waals surface area (Å²) < 4.78 is 0. The number of benzene rings is 1. The molecule has 1 amide bonds. The van der Waals surface area contributed by atoms with Gasteiger partial charge in [-0.1, -0.05) is 29.8 Å². The van der Waals surface area contributed by atoms with Crippen LogP contribution in [0.3, 0.4) is 0 Å². The summed E-state index contributed by atoms with van der Waals surface area (Å²) in [6, 6.07) is 8.95. The third kappa shape index (κ3) is 6.96. The molecule has 1 aliphatic heterocycles. The molecule has 148 valence electrons. The van der Waals surface area contributed by atoms with Gasteiger partial charge in [0.1, 0.15) is 6.54 Å². The smallest absolute Gasteiger partial charge is 0.243 e. The SMILES string of the molecule is C=C(C)CNC(=NCC(=O)N(C)C)NC1CCCN(c2ccc(C)cc2)C1. The van der Waals surface area contributed by atoms with Crippen LogP contribution in [0.2, 0.25) is 0 Å². The van der Waals surface area contributed by atoms with Crippen LogP contribution in [0.4, 0.5) is 5.69 Å². The second-order valence-corrected chi connectivity index (χ2v) is 7.53. The molecule has 2 N–H and O–H groups in total. The molecule has 1 fully saturated rings. The molecule has 0 radical (unpaired) electrons. The van der Waals surface area contributed by atoms with E-state index in [0.29, 0.717) is 12.5 Å². The quantitative estimate of drug-likeness (QED) is 0.457. The van der Waals surface area contributed by atoms with E-state index in [-0.39, 0.29) is 18.5 Å². The van der Waals surface area contributed by atoms with Gasteiger partial charge >= 0.3 is 0 Å². The van der Waals surface area contributed by atoms with Gasteiger partial charge in [-0.2, -0.15) is 0 Å². The van der Waals surface area contributed by atoms with E-state index in [1.54, 1.807) is 19.0 Å². The molecule has 0 bridgehead atoms. The molecule has 0 aromatic heterocycles. The van der Waals surface area contributed by atoms with Gasteiger partial charge in [0.15, 0.2) is 5.96 Å². The molecule has 0 aliphatic carbocycles. The van der Waals surface area contributed by atoms with Crippen LogP contribution in [-0.4, -0.2) is 63.1 Å². The van der Waals surface area contributed by atoms with Gasteiger partial charge in [-0.3, -0.25) is 4.79 Å². The predicted molar refractivity (Wildman–Crippen MR) is 113 cm³/mol. The third-order valence-corrected chi connectivity index (χ3v) is 4.59. The van der Waals surface area contributed by atoms with E-state index in [2.05, 4.69) is 58.3 Å². The van der Waals surface area contributed by atoms with Crippen LogP contribution in [-0.2, 0) is 4.79 Å². The van der Waals surface area contributed by atoms with Crippen molar-refractivity contribution < 1.29 is 4.79 Å². The molecule has 1 unspecified atom stereocenters. The molecule has 0 saturated carbocycles. The second kappa shape index (κ2) is 10.00. The van der Waals surface area contributed by atoms with Crippen molar-refractivity contribution in [1.82, 2.24) is 15.5 Å². The van der Waals surface area contributed by atoms with Crippen molar-refractivity contribution in [2.75, 3.05) is 45.2 Å². The Hall–Kier alpha value is -2.50. The van der Waals surface area contributed by atoms with Gasteiger partial charge in [0.2, 0.25) is 5.91 Å². The summed E-state index contributed by atoms with van der Waals surface area (Å²) in [5.41, 5.74) is 3.55. The number of hydrogen-bond acceptors (Lipinski definition) is 3. The minimum absolute atomic E-state index is 0.0173. The van der Waals surface area contributed by atoms with E-state index >= 15 is 0 Å². The number of anilines is 1. The Kier molecular flexibility index (Phi) is 7.70. The fourth-order valence-electron chi connectivity index (χ4n) is 2.95. The molecule has 0 spiro atoms. The second-order valence-electron chi connectivity index (χ2n) is 7.53. The first-order valence-corrected chi connectivity index (χ1v) is 9.56. The molecule has 1 aromatic carbocycles. The van der Waals surface area contributed by atoms with Crippen LogP contribution in [0.15, 0.2) is 41.4 Å². The Morgan fingerprint density at radius 3 is 2.67 bits per heavy atom. The van der Waals surface area contributed by atoms with Gasteiger partial charge in [0.25, 0.3) is 0 Å². The molecule has 1 saturated heterocycles. The molecule has 1 heterocycles. The lowest BCUT2D eigenvalue weighted by Gasteiger charge is -2.35. The topological polar surface area (TPSA) is 60.0 Å². The molecule has 1 aromatic rings. The lowest BCUT2D eigenvalue weighted by molar-refractivity contribution is -0.127. The Morgan fingerprint density at radius 2 is 2.04 bits per heavy atom. The van der Waals surface area contributed by atoms with Gasteiger partial charge < -0.3 is 20.4 Å². The number of aryl methyl sites for hydroxylation is 1. The number of aliphatic imine (C=N–C) groups is 1. The number of likely N-dealkylation sites (N-methyl/N-ethyl adjacent to an activating group) is 1. The molecule has 6 nitrogen and oxygen atoms in total. The highest BCUT2D eigenvalue weighted by molar-refractivity contribution is 5.85. The van der Waals surface area contributed by atoms with E-state index in [4.69, 9.17) is 0 Å². The maximum absolute atomic E-state index is 11.9. The summed E-state index contributed by atoms with van der Waals surface area (Å²) in [4.78, 5) is 20.3. The van der Waals surface area contributed by atoms with Crippen molar-refractivity contribution in [3.05, 3.63) is 42.0 Å². The molecule has 1 atom stereocenters. The van der Waals surface area contributed by atoms with Crippen molar-refractivity contribution in [2.45, 2.75) is 32.7 Å². The van der Waals surface area contributed by atoms with E-state index in [0.717, 1.165) is 31.5 Å². The fourth-order valence-corrected chi connectivity index (χ4v) is 2.95. The van der Waals surface area contributed by atoms with E-state index in [9.17, 15) is 4.79 Å². The predicted octanol–water partition coefficient (Wildman–Crippen LogP) is 2.16. The first kappa shape index (κ1) is 20.8. The Labute approximate surface area is 163 Å². The molecule has 6 heteroatoms. The number of nitrogens with one attached hydrogen (secondary N) is 2. The highest BCUT2D eigenvalue weighted by Gasteiger charge is 2.21. The van der Waals surface area contributed by atoms with Gasteiger partial charge in [-0.25, -0.2) is 4.99 Å². The summed E-state index contributed by atoms with van der Waals surface area (Å²) in [6.07, 6.45) is 2.20. The van der Waals surface area contributed by atoms with Crippen LogP contribution in [0.1, 0.15) is 25.3 Å². The van der Waals surface area contributed by atoms with Crippen molar-refractivity contribution >= 4 is 17.6 Å². The Morgan fingerprint density at radius 1 is 1.33 bits per heavy atom. The number of nitrogens with zero attached hydrogens (tertiary/aromatic N) is 3. The van der Waals surface area contributed by atoms with Gasteiger partial charge in [-0.05, 0) is 38.8 Å². The number of carbonyl (C=O) groups excluding carboxylic acids is 1. The van der Waals surface area contributed by atoms with Gasteiger partial charge in [0, 0.05) is 45.5 Å². The van der Waals surface area contributed by atoms with Crippen molar-refractivity contribution in [3.8, 4) is 0 Å². The van der Waals surface area contributed by atoms with E-state index in [1.807, 2.05) is 6.92 Å². The zero-order valence-corrected chi connectivity index (χ0v) is 17.1. The average molecular weight is 372 g/mol. The molecule has 2 rings (SSSR count). The highest BCUT2D eigenvalue weighted by Crippen LogP contribution is 2.20. The normalized spacial score (nSPS) is 17.4.